The molecule has 0 amide bonds. The first kappa shape index (κ1) is 11.9. The number of nitrogens with one attached hydrogen (secondary N) is 1. The molecule has 2 rings (SSSR count). The van der Waals surface area contributed by atoms with Crippen LogP contribution in [0.1, 0.15) is 25.3 Å². The van der Waals surface area contributed by atoms with Crippen LogP contribution in [0, 0.1) is 11.7 Å². The smallest absolute Gasteiger partial charge is 0.127 e. The van der Waals surface area contributed by atoms with Crippen molar-refractivity contribution in [2.75, 3.05) is 6.54 Å². The Hall–Kier alpha value is -0.600. The van der Waals surface area contributed by atoms with Crippen molar-refractivity contribution in [2.45, 2.75) is 32.2 Å². The predicted octanol–water partition coefficient (Wildman–Crippen LogP) is 3.41. The molecule has 88 valence electrons. The summed E-state index contributed by atoms with van der Waals surface area (Å²) in [6.45, 7) is 2.99. The molecule has 1 nitrogen and oxygen atoms in total. The maximum atomic E-state index is 13.4. The molecule has 1 aliphatic rings. The summed E-state index contributed by atoms with van der Waals surface area (Å²) in [7, 11) is 0. The lowest BCUT2D eigenvalue weighted by Crippen LogP contribution is -2.29. The van der Waals surface area contributed by atoms with Gasteiger partial charge < -0.3 is 5.32 Å². The second-order valence-corrected chi connectivity index (χ2v) is 4.94. The molecule has 3 heteroatoms. The van der Waals surface area contributed by atoms with Crippen molar-refractivity contribution in [2.24, 2.45) is 5.92 Å². The zero-order valence-corrected chi connectivity index (χ0v) is 10.2. The fourth-order valence-electron chi connectivity index (χ4n) is 1.96. The predicted molar refractivity (Wildman–Crippen MR) is 65.3 cm³/mol. The van der Waals surface area contributed by atoms with E-state index in [0.717, 1.165) is 12.5 Å². The Morgan fingerprint density at radius 3 is 2.88 bits per heavy atom. The van der Waals surface area contributed by atoms with Crippen LogP contribution >= 0.6 is 11.6 Å². The average Bonchev–Trinajstić information content (AvgIpc) is 3.05. The van der Waals surface area contributed by atoms with Gasteiger partial charge in [-0.15, -0.1) is 0 Å². The van der Waals surface area contributed by atoms with Gasteiger partial charge in [-0.3, -0.25) is 0 Å². The second-order valence-electron chi connectivity index (χ2n) is 4.53. The van der Waals surface area contributed by atoms with E-state index in [1.165, 1.54) is 18.9 Å². The topological polar surface area (TPSA) is 12.0 Å². The largest absolute Gasteiger partial charge is 0.314 e. The van der Waals surface area contributed by atoms with Gasteiger partial charge >= 0.3 is 0 Å². The number of hydrogen-bond acceptors (Lipinski definition) is 1. The summed E-state index contributed by atoms with van der Waals surface area (Å²) >= 11 is 5.95. The minimum absolute atomic E-state index is 0.201. The molecule has 1 atom stereocenters. The molecule has 1 aliphatic carbocycles. The zero-order valence-electron chi connectivity index (χ0n) is 9.47. The van der Waals surface area contributed by atoms with Crippen LogP contribution in [0.3, 0.4) is 0 Å². The normalized spacial score (nSPS) is 17.4. The molecule has 16 heavy (non-hydrogen) atoms. The Morgan fingerprint density at radius 1 is 1.50 bits per heavy atom. The highest BCUT2D eigenvalue weighted by Crippen LogP contribution is 2.32. The van der Waals surface area contributed by atoms with Crippen LogP contribution in [0.25, 0.3) is 0 Å². The summed E-state index contributed by atoms with van der Waals surface area (Å²) in [6, 6.07) is 5.39. The Labute approximate surface area is 101 Å². The van der Waals surface area contributed by atoms with E-state index in [4.69, 9.17) is 11.6 Å². The molecule has 1 fully saturated rings. The highest BCUT2D eigenvalue weighted by Gasteiger charge is 2.27. The molecule has 1 unspecified atom stereocenters. The summed E-state index contributed by atoms with van der Waals surface area (Å²) in [6.07, 6.45) is 3.31. The lowest BCUT2D eigenvalue weighted by atomic mass is 10.1. The maximum Gasteiger partial charge on any atom is 0.127 e. The van der Waals surface area contributed by atoms with Crippen molar-refractivity contribution in [3.05, 3.63) is 34.6 Å². The SMILES string of the molecule is CC(NCCc1c(F)cccc1Cl)C1CC1. The van der Waals surface area contributed by atoms with Gasteiger partial charge in [-0.25, -0.2) is 4.39 Å². The van der Waals surface area contributed by atoms with Gasteiger partial charge in [0.15, 0.2) is 0 Å². The Bertz CT molecular complexity index is 343. The first-order valence-electron chi connectivity index (χ1n) is 5.84. The third-order valence-electron chi connectivity index (χ3n) is 3.23. The van der Waals surface area contributed by atoms with Crippen LogP contribution in [0.2, 0.25) is 5.02 Å². The van der Waals surface area contributed by atoms with E-state index in [9.17, 15) is 4.39 Å². The first-order chi connectivity index (χ1) is 7.68. The van der Waals surface area contributed by atoms with Crippen molar-refractivity contribution in [3.63, 3.8) is 0 Å². The monoisotopic (exact) mass is 241 g/mol. The van der Waals surface area contributed by atoms with E-state index in [1.807, 2.05) is 0 Å². The van der Waals surface area contributed by atoms with Crippen molar-refractivity contribution in [3.8, 4) is 0 Å². The van der Waals surface area contributed by atoms with E-state index >= 15 is 0 Å². The highest BCUT2D eigenvalue weighted by atomic mass is 35.5. The minimum Gasteiger partial charge on any atom is -0.314 e. The van der Waals surface area contributed by atoms with Crippen LogP contribution in [0.5, 0.6) is 0 Å². The van der Waals surface area contributed by atoms with Crippen molar-refractivity contribution in [1.29, 1.82) is 0 Å². The lowest BCUT2D eigenvalue weighted by molar-refractivity contribution is 0.495. The Morgan fingerprint density at radius 2 is 2.25 bits per heavy atom. The van der Waals surface area contributed by atoms with Gasteiger partial charge in [-0.05, 0) is 50.8 Å². The summed E-state index contributed by atoms with van der Waals surface area (Å²) in [5.41, 5.74) is 0.625. The number of benzene rings is 1. The van der Waals surface area contributed by atoms with Gasteiger partial charge in [0, 0.05) is 16.6 Å². The first-order valence-corrected chi connectivity index (χ1v) is 6.22. The minimum atomic E-state index is -0.201. The zero-order chi connectivity index (χ0) is 11.5. The average molecular weight is 242 g/mol. The van der Waals surface area contributed by atoms with Crippen LogP contribution in [0.15, 0.2) is 18.2 Å². The third kappa shape index (κ3) is 2.96. The lowest BCUT2D eigenvalue weighted by Gasteiger charge is -2.13. The van der Waals surface area contributed by atoms with Gasteiger partial charge in [-0.2, -0.15) is 0 Å². The molecule has 1 aromatic rings. The molecule has 1 saturated carbocycles. The van der Waals surface area contributed by atoms with Gasteiger partial charge in [0.2, 0.25) is 0 Å². The summed E-state index contributed by atoms with van der Waals surface area (Å²) in [5.74, 6) is 0.629. The van der Waals surface area contributed by atoms with Crippen molar-refractivity contribution in [1.82, 2.24) is 5.32 Å². The van der Waals surface area contributed by atoms with Crippen LogP contribution in [0.4, 0.5) is 4.39 Å². The standard InChI is InChI=1S/C13H17ClFN/c1-9(10-5-6-10)16-8-7-11-12(14)3-2-4-13(11)15/h2-4,9-10,16H,5-8H2,1H3. The van der Waals surface area contributed by atoms with Gasteiger partial charge in [0.1, 0.15) is 5.82 Å². The molecule has 0 heterocycles. The van der Waals surface area contributed by atoms with Crippen molar-refractivity contribution >= 4 is 11.6 Å². The van der Waals surface area contributed by atoms with Gasteiger partial charge in [0.05, 0.1) is 0 Å². The fraction of sp³-hybridized carbons (Fsp3) is 0.538. The van der Waals surface area contributed by atoms with Gasteiger partial charge in [0.25, 0.3) is 0 Å². The second kappa shape index (κ2) is 5.15. The number of rotatable bonds is 5. The van der Waals surface area contributed by atoms with E-state index in [2.05, 4.69) is 12.2 Å². The highest BCUT2D eigenvalue weighted by molar-refractivity contribution is 6.31. The molecule has 0 bridgehead atoms. The molecule has 1 N–H and O–H groups in total. The van der Waals surface area contributed by atoms with Gasteiger partial charge in [-0.1, -0.05) is 17.7 Å². The molecule has 1 aromatic carbocycles. The molecular weight excluding hydrogens is 225 g/mol. The number of hydrogen-bond donors (Lipinski definition) is 1. The summed E-state index contributed by atoms with van der Waals surface area (Å²) in [5, 5.41) is 3.95. The van der Waals surface area contributed by atoms with Crippen molar-refractivity contribution < 1.29 is 4.39 Å². The molecular formula is C13H17ClFN. The molecule has 0 aromatic heterocycles. The fourth-order valence-corrected chi connectivity index (χ4v) is 2.22. The van der Waals surface area contributed by atoms with Crippen LogP contribution in [-0.2, 0) is 6.42 Å². The van der Waals surface area contributed by atoms with E-state index in [0.29, 0.717) is 23.0 Å². The van der Waals surface area contributed by atoms with Crippen LogP contribution < -0.4 is 5.32 Å². The van der Waals surface area contributed by atoms with E-state index < -0.39 is 0 Å². The van der Waals surface area contributed by atoms with E-state index in [1.54, 1.807) is 12.1 Å². The molecule has 0 saturated heterocycles. The third-order valence-corrected chi connectivity index (χ3v) is 3.59. The Balaban J connectivity index is 1.84. The molecule has 0 spiro atoms. The summed E-state index contributed by atoms with van der Waals surface area (Å²) in [4.78, 5) is 0. The molecule has 0 radical (unpaired) electrons. The maximum absolute atomic E-state index is 13.4. The van der Waals surface area contributed by atoms with E-state index in [-0.39, 0.29) is 5.82 Å². The summed E-state index contributed by atoms with van der Waals surface area (Å²) < 4.78 is 13.4. The van der Waals surface area contributed by atoms with Crippen LogP contribution in [-0.4, -0.2) is 12.6 Å². The Kier molecular flexibility index (Phi) is 3.82. The molecule has 0 aliphatic heterocycles. The quantitative estimate of drug-likeness (QED) is 0.833. The number of halogens is 2.